The molecule has 0 saturated carbocycles. The first-order valence-electron chi connectivity index (χ1n) is 6.28. The van der Waals surface area contributed by atoms with Crippen LogP contribution >= 0.6 is 0 Å². The molecule has 2 aromatic rings. The normalized spacial score (nSPS) is 21.9. The van der Waals surface area contributed by atoms with Crippen LogP contribution < -0.4 is 5.73 Å². The molecule has 1 atom stereocenters. The van der Waals surface area contributed by atoms with Crippen molar-refractivity contribution in [3.63, 3.8) is 0 Å². The highest BCUT2D eigenvalue weighted by Crippen LogP contribution is 2.46. The van der Waals surface area contributed by atoms with Crippen LogP contribution in [0.5, 0.6) is 0 Å². The standard InChI is InChI=1S/C13H16FN5/c1-7-4-5-8(13(7,2)3)19-6-16-9-10(15)17-12(14)18-11(9)19/h5-7H,4H2,1-3H3,(H2,15,17,18). The van der Waals surface area contributed by atoms with E-state index in [-0.39, 0.29) is 11.2 Å². The van der Waals surface area contributed by atoms with Gasteiger partial charge in [-0.1, -0.05) is 26.8 Å². The van der Waals surface area contributed by atoms with Gasteiger partial charge in [0.05, 0.1) is 0 Å². The van der Waals surface area contributed by atoms with Gasteiger partial charge in [0.15, 0.2) is 17.0 Å². The molecule has 0 radical (unpaired) electrons. The first-order valence-corrected chi connectivity index (χ1v) is 6.28. The van der Waals surface area contributed by atoms with Gasteiger partial charge in [-0.05, 0) is 12.3 Å². The fourth-order valence-electron chi connectivity index (χ4n) is 2.58. The Morgan fingerprint density at radius 3 is 2.79 bits per heavy atom. The Bertz CT molecular complexity index is 686. The molecule has 0 bridgehead atoms. The number of halogens is 1. The van der Waals surface area contributed by atoms with E-state index in [1.54, 1.807) is 6.33 Å². The number of nitrogens with two attached hydrogens (primary N) is 1. The van der Waals surface area contributed by atoms with Crippen LogP contribution in [-0.4, -0.2) is 19.5 Å². The summed E-state index contributed by atoms with van der Waals surface area (Å²) in [5, 5.41) is 0. The second kappa shape index (κ2) is 3.76. The first-order chi connectivity index (χ1) is 8.91. The van der Waals surface area contributed by atoms with Crippen molar-refractivity contribution in [1.29, 1.82) is 0 Å². The van der Waals surface area contributed by atoms with Gasteiger partial charge in [-0.3, -0.25) is 4.57 Å². The molecule has 1 unspecified atom stereocenters. The molecule has 0 aromatic carbocycles. The van der Waals surface area contributed by atoms with Crippen molar-refractivity contribution in [2.45, 2.75) is 27.2 Å². The van der Waals surface area contributed by atoms with Crippen molar-refractivity contribution >= 4 is 22.7 Å². The molecule has 2 heterocycles. The van der Waals surface area contributed by atoms with Crippen LogP contribution in [0.1, 0.15) is 27.2 Å². The van der Waals surface area contributed by atoms with Crippen molar-refractivity contribution in [1.82, 2.24) is 19.5 Å². The topological polar surface area (TPSA) is 69.6 Å². The van der Waals surface area contributed by atoms with E-state index >= 15 is 0 Å². The number of aromatic nitrogens is 4. The lowest BCUT2D eigenvalue weighted by atomic mass is 9.81. The van der Waals surface area contributed by atoms with Crippen LogP contribution in [0, 0.1) is 17.4 Å². The van der Waals surface area contributed by atoms with E-state index in [0.717, 1.165) is 12.1 Å². The minimum absolute atomic E-state index is 0.0101. The summed E-state index contributed by atoms with van der Waals surface area (Å²) in [6.07, 6.45) is 3.96. The Hall–Kier alpha value is -1.98. The average Bonchev–Trinajstić information content (AvgIpc) is 2.82. The molecule has 6 heteroatoms. The molecule has 0 amide bonds. The second-order valence-corrected chi connectivity index (χ2v) is 5.61. The molecule has 2 aromatic heterocycles. The first kappa shape index (κ1) is 12.1. The smallest absolute Gasteiger partial charge is 0.312 e. The minimum Gasteiger partial charge on any atom is -0.382 e. The number of rotatable bonds is 1. The van der Waals surface area contributed by atoms with Crippen molar-refractivity contribution in [2.24, 2.45) is 11.3 Å². The summed E-state index contributed by atoms with van der Waals surface area (Å²) in [4.78, 5) is 11.5. The minimum atomic E-state index is -0.823. The summed E-state index contributed by atoms with van der Waals surface area (Å²) >= 11 is 0. The molecular weight excluding hydrogens is 245 g/mol. The third-order valence-corrected chi connectivity index (χ3v) is 4.21. The van der Waals surface area contributed by atoms with E-state index in [0.29, 0.717) is 17.1 Å². The molecule has 0 spiro atoms. The van der Waals surface area contributed by atoms with Crippen LogP contribution in [0.15, 0.2) is 12.4 Å². The SMILES string of the molecule is CC1CC=C(n2cnc3c(N)nc(F)nc32)C1(C)C. The van der Waals surface area contributed by atoms with E-state index in [1.165, 1.54) is 0 Å². The van der Waals surface area contributed by atoms with Crippen LogP contribution in [0.4, 0.5) is 10.2 Å². The van der Waals surface area contributed by atoms with Gasteiger partial charge < -0.3 is 5.73 Å². The summed E-state index contributed by atoms with van der Waals surface area (Å²) in [5.74, 6) is 0.592. The molecule has 19 heavy (non-hydrogen) atoms. The number of hydrogen-bond acceptors (Lipinski definition) is 4. The van der Waals surface area contributed by atoms with Gasteiger partial charge in [-0.2, -0.15) is 14.4 Å². The Balaban J connectivity index is 2.23. The zero-order valence-electron chi connectivity index (χ0n) is 11.2. The molecule has 100 valence electrons. The van der Waals surface area contributed by atoms with E-state index in [4.69, 9.17) is 5.73 Å². The monoisotopic (exact) mass is 261 g/mol. The van der Waals surface area contributed by atoms with Crippen LogP contribution in [0.25, 0.3) is 16.9 Å². The Morgan fingerprint density at radius 1 is 1.42 bits per heavy atom. The molecule has 0 saturated heterocycles. The fourth-order valence-corrected chi connectivity index (χ4v) is 2.58. The maximum Gasteiger partial charge on any atom is 0.312 e. The number of nitrogens with zero attached hydrogens (tertiary/aromatic N) is 4. The van der Waals surface area contributed by atoms with Gasteiger partial charge in [0.25, 0.3) is 0 Å². The summed E-state index contributed by atoms with van der Waals surface area (Å²) in [6, 6.07) is 0. The molecule has 0 aliphatic heterocycles. The summed E-state index contributed by atoms with van der Waals surface area (Å²) in [7, 11) is 0. The number of allylic oxidation sites excluding steroid dienone is 2. The predicted molar refractivity (Wildman–Crippen MR) is 71.5 cm³/mol. The third kappa shape index (κ3) is 1.63. The largest absolute Gasteiger partial charge is 0.382 e. The zero-order chi connectivity index (χ0) is 13.8. The van der Waals surface area contributed by atoms with E-state index in [2.05, 4.69) is 41.8 Å². The number of nitrogen functional groups attached to an aromatic ring is 1. The highest BCUT2D eigenvalue weighted by Gasteiger charge is 2.36. The molecule has 1 aliphatic carbocycles. The van der Waals surface area contributed by atoms with Crippen LogP contribution in [0.3, 0.4) is 0 Å². The number of anilines is 1. The molecule has 1 aliphatic rings. The van der Waals surface area contributed by atoms with Crippen LogP contribution in [0.2, 0.25) is 0 Å². The summed E-state index contributed by atoms with van der Waals surface area (Å²) in [5.41, 5.74) is 7.62. The van der Waals surface area contributed by atoms with E-state index in [1.807, 2.05) is 4.57 Å². The van der Waals surface area contributed by atoms with E-state index < -0.39 is 6.08 Å². The van der Waals surface area contributed by atoms with Gasteiger partial charge in [0, 0.05) is 11.1 Å². The van der Waals surface area contributed by atoms with Crippen molar-refractivity contribution in [2.75, 3.05) is 5.73 Å². The van der Waals surface area contributed by atoms with Crippen LogP contribution in [-0.2, 0) is 0 Å². The highest BCUT2D eigenvalue weighted by atomic mass is 19.1. The van der Waals surface area contributed by atoms with Gasteiger partial charge >= 0.3 is 6.08 Å². The quantitative estimate of drug-likeness (QED) is 0.800. The van der Waals surface area contributed by atoms with Gasteiger partial charge in [0.2, 0.25) is 0 Å². The van der Waals surface area contributed by atoms with Gasteiger partial charge in [-0.15, -0.1) is 0 Å². The van der Waals surface area contributed by atoms with Gasteiger partial charge in [-0.25, -0.2) is 4.98 Å². The zero-order valence-corrected chi connectivity index (χ0v) is 11.2. The van der Waals surface area contributed by atoms with Crippen molar-refractivity contribution < 1.29 is 4.39 Å². The lowest BCUT2D eigenvalue weighted by Crippen LogP contribution is -2.21. The molecule has 3 rings (SSSR count). The fraction of sp³-hybridized carbons (Fsp3) is 0.462. The Kier molecular flexibility index (Phi) is 2.39. The second-order valence-electron chi connectivity index (χ2n) is 5.61. The Morgan fingerprint density at radius 2 is 2.16 bits per heavy atom. The summed E-state index contributed by atoms with van der Waals surface area (Å²) < 4.78 is 15.2. The molecule has 0 fully saturated rings. The average molecular weight is 261 g/mol. The third-order valence-electron chi connectivity index (χ3n) is 4.21. The predicted octanol–water partition coefficient (Wildman–Crippen LogP) is 2.45. The lowest BCUT2D eigenvalue weighted by Gasteiger charge is -2.28. The maximum absolute atomic E-state index is 13.3. The maximum atomic E-state index is 13.3. The van der Waals surface area contributed by atoms with Crippen molar-refractivity contribution in [3.05, 3.63) is 18.5 Å². The molecule has 2 N–H and O–H groups in total. The Labute approximate surface area is 110 Å². The van der Waals surface area contributed by atoms with Gasteiger partial charge in [0.1, 0.15) is 6.33 Å². The number of imidazole rings is 1. The highest BCUT2D eigenvalue weighted by molar-refractivity contribution is 5.84. The number of hydrogen-bond donors (Lipinski definition) is 1. The summed E-state index contributed by atoms with van der Waals surface area (Å²) in [6.45, 7) is 6.54. The number of fused-ring (bicyclic) bond motifs is 1. The van der Waals surface area contributed by atoms with Crippen molar-refractivity contribution in [3.8, 4) is 0 Å². The molecule has 5 nitrogen and oxygen atoms in total. The molecular formula is C13H16FN5. The van der Waals surface area contributed by atoms with E-state index in [9.17, 15) is 4.39 Å². The lowest BCUT2D eigenvalue weighted by molar-refractivity contribution is 0.338.